The van der Waals surface area contributed by atoms with Gasteiger partial charge in [0, 0.05) is 17.2 Å². The molecular formula is C20H21N3OS. The van der Waals surface area contributed by atoms with E-state index in [4.69, 9.17) is 0 Å². The molecule has 0 spiro atoms. The lowest BCUT2D eigenvalue weighted by molar-refractivity contribution is 0.105. The number of aryl methyl sites for hydroxylation is 1. The van der Waals surface area contributed by atoms with Crippen LogP contribution in [0.4, 0.5) is 0 Å². The molecule has 2 heterocycles. The number of hydrogen-bond donors (Lipinski definition) is 0. The maximum Gasteiger partial charge on any atom is 0.197 e. The molecule has 0 aliphatic heterocycles. The molecule has 0 bridgehead atoms. The molecule has 0 aliphatic rings. The summed E-state index contributed by atoms with van der Waals surface area (Å²) >= 11 is 1.48. The van der Waals surface area contributed by atoms with Gasteiger partial charge in [0.2, 0.25) is 0 Å². The van der Waals surface area contributed by atoms with Crippen LogP contribution in [0, 0.1) is 6.92 Å². The van der Waals surface area contributed by atoms with Gasteiger partial charge in [0.1, 0.15) is 0 Å². The van der Waals surface area contributed by atoms with E-state index in [-0.39, 0.29) is 11.2 Å². The fourth-order valence-electron chi connectivity index (χ4n) is 2.34. The van der Waals surface area contributed by atoms with Crippen molar-refractivity contribution in [3.05, 3.63) is 69.9 Å². The summed E-state index contributed by atoms with van der Waals surface area (Å²) in [5.41, 5.74) is 2.62. The number of carbonyl (C=O) groups is 1. The Morgan fingerprint density at radius 1 is 1.20 bits per heavy atom. The van der Waals surface area contributed by atoms with Crippen molar-refractivity contribution in [1.82, 2.24) is 14.8 Å². The second-order valence-corrected chi connectivity index (χ2v) is 7.93. The molecule has 0 fully saturated rings. The van der Waals surface area contributed by atoms with Crippen molar-refractivity contribution in [3.8, 4) is 5.69 Å². The molecule has 0 radical (unpaired) electrons. The van der Waals surface area contributed by atoms with Crippen LogP contribution in [0.2, 0.25) is 0 Å². The highest BCUT2D eigenvalue weighted by Crippen LogP contribution is 2.29. The highest BCUT2D eigenvalue weighted by Gasteiger charge is 2.22. The van der Waals surface area contributed by atoms with E-state index in [1.807, 2.05) is 43.5 Å². The molecule has 0 atom stereocenters. The van der Waals surface area contributed by atoms with Crippen LogP contribution in [-0.2, 0) is 5.41 Å². The van der Waals surface area contributed by atoms with Crippen molar-refractivity contribution >= 4 is 23.2 Å². The monoisotopic (exact) mass is 351 g/mol. The predicted octanol–water partition coefficient (Wildman–Crippen LogP) is 4.83. The molecule has 0 aliphatic carbocycles. The number of ketones is 1. The van der Waals surface area contributed by atoms with E-state index in [0.29, 0.717) is 4.88 Å². The summed E-state index contributed by atoms with van der Waals surface area (Å²) in [7, 11) is 0. The summed E-state index contributed by atoms with van der Waals surface area (Å²) in [6.45, 7) is 8.20. The van der Waals surface area contributed by atoms with Crippen molar-refractivity contribution < 1.29 is 4.79 Å². The summed E-state index contributed by atoms with van der Waals surface area (Å²) in [6.07, 6.45) is 7.04. The molecule has 5 heteroatoms. The maximum absolute atomic E-state index is 12.5. The first-order valence-electron chi connectivity index (χ1n) is 8.15. The molecule has 128 valence electrons. The van der Waals surface area contributed by atoms with E-state index >= 15 is 0 Å². The Morgan fingerprint density at radius 2 is 1.92 bits per heavy atom. The first-order valence-corrected chi connectivity index (χ1v) is 8.96. The zero-order valence-corrected chi connectivity index (χ0v) is 15.7. The quantitative estimate of drug-likeness (QED) is 0.499. The Labute approximate surface area is 151 Å². The number of hydrogen-bond acceptors (Lipinski definition) is 4. The van der Waals surface area contributed by atoms with E-state index < -0.39 is 0 Å². The minimum atomic E-state index is -0.0471. The topological polar surface area (TPSA) is 47.8 Å². The van der Waals surface area contributed by atoms with E-state index in [0.717, 1.165) is 22.0 Å². The van der Waals surface area contributed by atoms with Gasteiger partial charge in [0.05, 0.1) is 27.5 Å². The number of para-hydroxylation sites is 1. The number of benzene rings is 1. The fraction of sp³-hybridized carbons (Fsp3) is 0.250. The van der Waals surface area contributed by atoms with Gasteiger partial charge in [-0.15, -0.1) is 11.3 Å². The van der Waals surface area contributed by atoms with Crippen molar-refractivity contribution in [2.75, 3.05) is 0 Å². The third kappa shape index (κ3) is 3.94. The lowest BCUT2D eigenvalue weighted by atomic mass is 9.98. The van der Waals surface area contributed by atoms with Gasteiger partial charge in [-0.05, 0) is 31.2 Å². The van der Waals surface area contributed by atoms with Crippen LogP contribution in [0.3, 0.4) is 0 Å². The van der Waals surface area contributed by atoms with Gasteiger partial charge in [-0.2, -0.15) is 5.10 Å². The molecule has 2 aromatic heterocycles. The van der Waals surface area contributed by atoms with Gasteiger partial charge < -0.3 is 0 Å². The zero-order chi connectivity index (χ0) is 18.0. The zero-order valence-electron chi connectivity index (χ0n) is 14.9. The van der Waals surface area contributed by atoms with E-state index in [1.54, 1.807) is 23.0 Å². The molecule has 25 heavy (non-hydrogen) atoms. The van der Waals surface area contributed by atoms with Crippen molar-refractivity contribution in [2.24, 2.45) is 0 Å². The molecule has 0 N–H and O–H groups in total. The number of allylic oxidation sites excluding steroid dienone is 1. The number of thiazole rings is 1. The second kappa shape index (κ2) is 6.76. The molecule has 3 aromatic rings. The normalized spacial score (nSPS) is 12.0. The lowest BCUT2D eigenvalue weighted by Crippen LogP contribution is -2.10. The number of aromatic nitrogens is 3. The fourth-order valence-corrected chi connectivity index (χ4v) is 3.38. The van der Waals surface area contributed by atoms with E-state index in [1.165, 1.54) is 11.3 Å². The van der Waals surface area contributed by atoms with Crippen molar-refractivity contribution in [3.63, 3.8) is 0 Å². The summed E-state index contributed by atoms with van der Waals surface area (Å²) in [4.78, 5) is 17.8. The summed E-state index contributed by atoms with van der Waals surface area (Å²) < 4.78 is 1.79. The van der Waals surface area contributed by atoms with Crippen LogP contribution >= 0.6 is 11.3 Å². The molecule has 0 amide bonds. The van der Waals surface area contributed by atoms with Gasteiger partial charge in [0.25, 0.3) is 0 Å². The highest BCUT2D eigenvalue weighted by atomic mass is 32.1. The minimum Gasteiger partial charge on any atom is -0.288 e. The van der Waals surface area contributed by atoms with Gasteiger partial charge in [-0.25, -0.2) is 9.67 Å². The molecule has 1 aromatic carbocycles. The Balaban J connectivity index is 1.78. The van der Waals surface area contributed by atoms with Crippen LogP contribution in [0.5, 0.6) is 0 Å². The Hall–Kier alpha value is -2.53. The summed E-state index contributed by atoms with van der Waals surface area (Å²) in [5.74, 6) is -0.0158. The van der Waals surface area contributed by atoms with Crippen LogP contribution in [0.1, 0.15) is 46.7 Å². The molecular weight excluding hydrogens is 330 g/mol. The molecule has 3 rings (SSSR count). The van der Waals surface area contributed by atoms with Gasteiger partial charge in [0.15, 0.2) is 5.78 Å². The molecule has 4 nitrogen and oxygen atoms in total. The second-order valence-electron chi connectivity index (χ2n) is 6.93. The number of nitrogens with zero attached hydrogens (tertiary/aromatic N) is 3. The Bertz CT molecular complexity index is 914. The summed E-state index contributed by atoms with van der Waals surface area (Å²) in [6, 6.07) is 9.88. The highest BCUT2D eigenvalue weighted by molar-refractivity contribution is 7.14. The van der Waals surface area contributed by atoms with Crippen LogP contribution in [-0.4, -0.2) is 20.5 Å². The molecule has 0 saturated heterocycles. The maximum atomic E-state index is 12.5. The average Bonchev–Trinajstić information content (AvgIpc) is 3.20. The smallest absolute Gasteiger partial charge is 0.197 e. The third-order valence-electron chi connectivity index (χ3n) is 3.71. The van der Waals surface area contributed by atoms with Crippen LogP contribution < -0.4 is 0 Å². The Morgan fingerprint density at radius 3 is 2.56 bits per heavy atom. The predicted molar refractivity (Wildman–Crippen MR) is 102 cm³/mol. The van der Waals surface area contributed by atoms with E-state index in [9.17, 15) is 4.79 Å². The summed E-state index contributed by atoms with van der Waals surface area (Å²) in [5, 5.41) is 5.32. The van der Waals surface area contributed by atoms with Crippen molar-refractivity contribution in [2.45, 2.75) is 33.1 Å². The van der Waals surface area contributed by atoms with Gasteiger partial charge >= 0.3 is 0 Å². The first-order chi connectivity index (χ1) is 11.8. The minimum absolute atomic E-state index is 0.0158. The van der Waals surface area contributed by atoms with Gasteiger partial charge in [-0.3, -0.25) is 4.79 Å². The number of rotatable bonds is 4. The van der Waals surface area contributed by atoms with Crippen molar-refractivity contribution in [1.29, 1.82) is 0 Å². The van der Waals surface area contributed by atoms with E-state index in [2.05, 4.69) is 30.9 Å². The molecule has 0 unspecified atom stereocenters. The van der Waals surface area contributed by atoms with Crippen LogP contribution in [0.15, 0.2) is 48.8 Å². The average molecular weight is 351 g/mol. The number of carbonyl (C=O) groups excluding carboxylic acids is 1. The lowest BCUT2D eigenvalue weighted by Gasteiger charge is -2.13. The standard InChI is InChI=1S/C20H21N3OS/c1-14-18(25-19(22-14)20(2,3)4)17(24)11-10-15-12-21-23(13-15)16-8-6-5-7-9-16/h5-13H,1-4H3. The third-order valence-corrected chi connectivity index (χ3v) is 5.31. The largest absolute Gasteiger partial charge is 0.288 e. The SMILES string of the molecule is Cc1nc(C(C)(C)C)sc1C(=O)C=Cc1cnn(-c2ccccc2)c1. The van der Waals surface area contributed by atoms with Crippen LogP contribution in [0.25, 0.3) is 11.8 Å². The first kappa shape index (κ1) is 17.3. The molecule has 0 saturated carbocycles. The Kier molecular flexibility index (Phi) is 4.68. The van der Waals surface area contributed by atoms with Gasteiger partial charge in [-0.1, -0.05) is 39.0 Å².